The molecular formula is C10H12O3. The maximum absolute atomic E-state index is 8.99. The summed E-state index contributed by atoms with van der Waals surface area (Å²) in [6, 6.07) is 0. The van der Waals surface area contributed by atoms with Crippen LogP contribution in [0.5, 0.6) is 0 Å². The molecule has 2 atom stereocenters. The molecule has 13 heavy (non-hydrogen) atoms. The Morgan fingerprint density at radius 1 is 1.23 bits per heavy atom. The van der Waals surface area contributed by atoms with Crippen LogP contribution in [0.25, 0.3) is 0 Å². The Morgan fingerprint density at radius 2 is 1.85 bits per heavy atom. The Hall–Kier alpha value is -1.26. The van der Waals surface area contributed by atoms with Crippen LogP contribution in [-0.2, 0) is 0 Å². The minimum Gasteiger partial charge on any atom is -0.396 e. The summed E-state index contributed by atoms with van der Waals surface area (Å²) < 4.78 is 0. The smallest absolute Gasteiger partial charge is 0.134 e. The van der Waals surface area contributed by atoms with Crippen molar-refractivity contribution in [3.8, 4) is 23.7 Å². The van der Waals surface area contributed by atoms with E-state index in [4.69, 9.17) is 15.3 Å². The quantitative estimate of drug-likeness (QED) is 0.397. The fourth-order valence-electron chi connectivity index (χ4n) is 0.483. The predicted molar refractivity (Wildman–Crippen MR) is 49.5 cm³/mol. The summed E-state index contributed by atoms with van der Waals surface area (Å²) in [5.74, 6) is 9.47. The highest BCUT2D eigenvalue weighted by Crippen LogP contribution is 1.85. The largest absolute Gasteiger partial charge is 0.396 e. The van der Waals surface area contributed by atoms with E-state index in [-0.39, 0.29) is 13.0 Å². The van der Waals surface area contributed by atoms with Gasteiger partial charge in [-0.2, -0.15) is 0 Å². The van der Waals surface area contributed by atoms with Crippen molar-refractivity contribution in [2.45, 2.75) is 18.6 Å². The predicted octanol–water partition coefficient (Wildman–Crippen LogP) is -0.717. The number of hydrogen-bond acceptors (Lipinski definition) is 3. The zero-order valence-electron chi connectivity index (χ0n) is 7.20. The number of rotatable bonds is 3. The van der Waals surface area contributed by atoms with Crippen LogP contribution < -0.4 is 0 Å². The van der Waals surface area contributed by atoms with E-state index >= 15 is 0 Å². The number of aliphatic hydroxyl groups excluding tert-OH is 3. The average molecular weight is 180 g/mol. The van der Waals surface area contributed by atoms with Gasteiger partial charge < -0.3 is 15.3 Å². The first-order valence-corrected chi connectivity index (χ1v) is 3.81. The van der Waals surface area contributed by atoms with Crippen LogP contribution in [0.3, 0.4) is 0 Å². The van der Waals surface area contributed by atoms with Gasteiger partial charge in [-0.15, -0.1) is 0 Å². The van der Waals surface area contributed by atoms with Gasteiger partial charge in [0.1, 0.15) is 12.2 Å². The fraction of sp³-hybridized carbons (Fsp3) is 0.400. The first-order chi connectivity index (χ1) is 6.20. The van der Waals surface area contributed by atoms with Crippen LogP contribution in [0, 0.1) is 23.7 Å². The van der Waals surface area contributed by atoms with Gasteiger partial charge in [0.2, 0.25) is 0 Å². The summed E-state index contributed by atoms with van der Waals surface area (Å²) in [5.41, 5.74) is 0. The molecule has 0 amide bonds. The van der Waals surface area contributed by atoms with Gasteiger partial charge in [-0.25, -0.2) is 0 Å². The Bertz CT molecular complexity index is 261. The van der Waals surface area contributed by atoms with Gasteiger partial charge in [-0.05, 0) is 11.8 Å². The maximum atomic E-state index is 8.99. The average Bonchev–Trinajstić information content (AvgIpc) is 2.12. The number of hydrogen-bond donors (Lipinski definition) is 3. The van der Waals surface area contributed by atoms with Crippen LogP contribution in [-0.4, -0.2) is 34.1 Å². The monoisotopic (exact) mass is 180 g/mol. The van der Waals surface area contributed by atoms with Crippen LogP contribution in [0.1, 0.15) is 6.42 Å². The molecule has 0 spiro atoms. The molecule has 0 heterocycles. The molecule has 0 saturated heterocycles. The van der Waals surface area contributed by atoms with Crippen molar-refractivity contribution in [3.05, 3.63) is 12.7 Å². The zero-order chi connectivity index (χ0) is 10.1. The third-order valence-corrected chi connectivity index (χ3v) is 1.15. The first-order valence-electron chi connectivity index (χ1n) is 3.81. The van der Waals surface area contributed by atoms with Crippen molar-refractivity contribution in [1.82, 2.24) is 0 Å². The van der Waals surface area contributed by atoms with Crippen LogP contribution in [0.2, 0.25) is 0 Å². The fourth-order valence-corrected chi connectivity index (χ4v) is 0.483. The minimum absolute atomic E-state index is 0.113. The van der Waals surface area contributed by atoms with Crippen molar-refractivity contribution in [2.75, 3.05) is 6.61 Å². The van der Waals surface area contributed by atoms with E-state index in [1.165, 1.54) is 6.08 Å². The normalized spacial score (nSPS) is 12.8. The van der Waals surface area contributed by atoms with E-state index in [1.807, 2.05) is 0 Å². The summed E-state index contributed by atoms with van der Waals surface area (Å²) in [6.07, 6.45) is -0.262. The molecule has 0 radical (unpaired) electrons. The maximum Gasteiger partial charge on any atom is 0.134 e. The molecule has 0 aliphatic carbocycles. The summed E-state index contributed by atoms with van der Waals surface area (Å²) >= 11 is 0. The molecule has 0 unspecified atom stereocenters. The van der Waals surface area contributed by atoms with E-state index in [0.717, 1.165) is 0 Å². The minimum atomic E-state index is -0.885. The summed E-state index contributed by atoms with van der Waals surface area (Å²) in [6.45, 7) is 3.21. The van der Waals surface area contributed by atoms with Crippen molar-refractivity contribution in [3.63, 3.8) is 0 Å². The Kier molecular flexibility index (Phi) is 6.68. The SMILES string of the molecule is C=C[C@@H](O)C#CC#C[C@H](O)CCO. The van der Waals surface area contributed by atoms with Crippen molar-refractivity contribution in [2.24, 2.45) is 0 Å². The molecule has 0 bridgehead atoms. The van der Waals surface area contributed by atoms with Crippen molar-refractivity contribution < 1.29 is 15.3 Å². The molecule has 3 nitrogen and oxygen atoms in total. The Labute approximate surface area is 77.7 Å². The lowest BCUT2D eigenvalue weighted by molar-refractivity contribution is 0.177. The van der Waals surface area contributed by atoms with Crippen molar-refractivity contribution in [1.29, 1.82) is 0 Å². The van der Waals surface area contributed by atoms with Crippen LogP contribution >= 0.6 is 0 Å². The molecule has 3 heteroatoms. The van der Waals surface area contributed by atoms with Gasteiger partial charge in [-0.3, -0.25) is 0 Å². The van der Waals surface area contributed by atoms with Gasteiger partial charge >= 0.3 is 0 Å². The van der Waals surface area contributed by atoms with E-state index in [2.05, 4.69) is 30.3 Å². The van der Waals surface area contributed by atoms with Crippen LogP contribution in [0.15, 0.2) is 12.7 Å². The summed E-state index contributed by atoms with van der Waals surface area (Å²) in [5, 5.41) is 26.3. The van der Waals surface area contributed by atoms with E-state index < -0.39 is 12.2 Å². The molecule has 0 aromatic rings. The second-order valence-corrected chi connectivity index (χ2v) is 2.25. The highest BCUT2D eigenvalue weighted by molar-refractivity contribution is 5.29. The van der Waals surface area contributed by atoms with Crippen LogP contribution in [0.4, 0.5) is 0 Å². The van der Waals surface area contributed by atoms with Gasteiger partial charge in [0.25, 0.3) is 0 Å². The molecule has 70 valence electrons. The third-order valence-electron chi connectivity index (χ3n) is 1.15. The number of aliphatic hydroxyl groups is 3. The summed E-state index contributed by atoms with van der Waals surface area (Å²) in [4.78, 5) is 0. The molecule has 0 aromatic carbocycles. The van der Waals surface area contributed by atoms with Gasteiger partial charge in [0.05, 0.1) is 0 Å². The Morgan fingerprint density at radius 3 is 2.38 bits per heavy atom. The molecule has 0 aromatic heterocycles. The second kappa shape index (κ2) is 7.39. The van der Waals surface area contributed by atoms with Gasteiger partial charge in [-0.1, -0.05) is 24.5 Å². The Balaban J connectivity index is 3.94. The molecule has 3 N–H and O–H groups in total. The molecular weight excluding hydrogens is 168 g/mol. The second-order valence-electron chi connectivity index (χ2n) is 2.25. The third kappa shape index (κ3) is 7.11. The first kappa shape index (κ1) is 11.7. The van der Waals surface area contributed by atoms with Crippen molar-refractivity contribution >= 4 is 0 Å². The van der Waals surface area contributed by atoms with E-state index in [9.17, 15) is 0 Å². The molecule has 0 saturated carbocycles. The molecule has 0 aliphatic rings. The van der Waals surface area contributed by atoms with Gasteiger partial charge in [0.15, 0.2) is 0 Å². The standard InChI is InChI=1S/C10H12O3/c1-2-9(12)5-3-4-6-10(13)7-8-11/h2,9-13H,1,7-8H2/t9-,10+/m1/s1. The van der Waals surface area contributed by atoms with E-state index in [0.29, 0.717) is 0 Å². The zero-order valence-corrected chi connectivity index (χ0v) is 7.20. The van der Waals surface area contributed by atoms with Gasteiger partial charge in [0, 0.05) is 13.0 Å². The lowest BCUT2D eigenvalue weighted by atomic mass is 10.2. The highest BCUT2D eigenvalue weighted by Gasteiger charge is 1.94. The lowest BCUT2D eigenvalue weighted by Gasteiger charge is -1.95. The molecule has 0 fully saturated rings. The topological polar surface area (TPSA) is 60.7 Å². The lowest BCUT2D eigenvalue weighted by Crippen LogP contribution is -2.04. The molecule has 0 aliphatic heterocycles. The van der Waals surface area contributed by atoms with E-state index in [1.54, 1.807) is 0 Å². The summed E-state index contributed by atoms with van der Waals surface area (Å²) in [7, 11) is 0. The highest BCUT2D eigenvalue weighted by atomic mass is 16.3. The molecule has 0 rings (SSSR count).